The normalized spacial score (nSPS) is 12.6. The second-order valence-electron chi connectivity index (χ2n) is 8.27. The van der Waals surface area contributed by atoms with Gasteiger partial charge in [0.15, 0.2) is 0 Å². The molecule has 0 spiro atoms. The second-order valence-corrected chi connectivity index (χ2v) is 9.07. The predicted octanol–water partition coefficient (Wildman–Crippen LogP) is 2.97. The minimum atomic E-state index is -4.87. The van der Waals surface area contributed by atoms with Crippen LogP contribution < -0.4 is 21.1 Å². The molecule has 188 valence electrons. The molecule has 0 radical (unpaired) electrons. The van der Waals surface area contributed by atoms with E-state index in [1.54, 1.807) is 18.2 Å². The fraction of sp³-hybridized carbons (Fsp3) is 0.250. The molecule has 0 saturated heterocycles. The van der Waals surface area contributed by atoms with Gasteiger partial charge in [-0.2, -0.15) is 17.5 Å². The van der Waals surface area contributed by atoms with Crippen molar-refractivity contribution in [2.45, 2.75) is 33.1 Å². The standard InChI is InChI=1S/C24H20F3N3O5S/c1-11-7-15(17(8-12(11)2)35-13(3)22(32)33)21-16-9-14(5-6-18(16)36-28-21)30-20(31)10-19(24(25,26)27)29(4)23(30)34/h5-10,13H,1-4H3,(H,32,33)/p-1. The molecular weight excluding hydrogens is 499 g/mol. The van der Waals surface area contributed by atoms with Crippen molar-refractivity contribution in [2.75, 3.05) is 0 Å². The van der Waals surface area contributed by atoms with Gasteiger partial charge in [0.05, 0.1) is 22.1 Å². The summed E-state index contributed by atoms with van der Waals surface area (Å²) >= 11 is 1.12. The zero-order valence-electron chi connectivity index (χ0n) is 19.5. The highest BCUT2D eigenvalue weighted by atomic mass is 32.1. The number of carbonyl (C=O) groups is 1. The van der Waals surface area contributed by atoms with Crippen molar-refractivity contribution in [2.24, 2.45) is 7.05 Å². The molecule has 0 bridgehead atoms. The highest BCUT2D eigenvalue weighted by Gasteiger charge is 2.35. The van der Waals surface area contributed by atoms with E-state index < -0.39 is 35.2 Å². The molecule has 0 aliphatic carbocycles. The van der Waals surface area contributed by atoms with E-state index in [2.05, 4.69) is 4.37 Å². The van der Waals surface area contributed by atoms with Crippen molar-refractivity contribution < 1.29 is 27.8 Å². The van der Waals surface area contributed by atoms with Gasteiger partial charge in [0.2, 0.25) is 0 Å². The SMILES string of the molecule is Cc1cc(OC(C)C(=O)[O-])c(-c2nsc3ccc(-n4c(=O)cc(C(F)(F)F)n(C)c4=O)cc23)cc1C. The lowest BCUT2D eigenvalue weighted by Crippen LogP contribution is -2.40. The Labute approximate surface area is 206 Å². The van der Waals surface area contributed by atoms with Crippen LogP contribution in [0.4, 0.5) is 13.2 Å². The topological polar surface area (TPSA) is 106 Å². The summed E-state index contributed by atoms with van der Waals surface area (Å²) in [5.74, 6) is -1.16. The highest BCUT2D eigenvalue weighted by Crippen LogP contribution is 2.39. The van der Waals surface area contributed by atoms with E-state index in [4.69, 9.17) is 4.74 Å². The maximum absolute atomic E-state index is 13.2. The smallest absolute Gasteiger partial charge is 0.431 e. The third kappa shape index (κ3) is 4.39. The molecule has 0 saturated carbocycles. The van der Waals surface area contributed by atoms with E-state index in [1.807, 2.05) is 13.8 Å². The first kappa shape index (κ1) is 25.2. The third-order valence-electron chi connectivity index (χ3n) is 5.81. The summed E-state index contributed by atoms with van der Waals surface area (Å²) in [5.41, 5.74) is -0.990. The van der Waals surface area contributed by atoms with Crippen LogP contribution in [0.25, 0.3) is 27.0 Å². The maximum Gasteiger partial charge on any atom is 0.431 e. The summed E-state index contributed by atoms with van der Waals surface area (Å²) in [5, 5.41) is 11.8. The minimum Gasteiger partial charge on any atom is -0.546 e. The quantitative estimate of drug-likeness (QED) is 0.402. The van der Waals surface area contributed by atoms with Crippen LogP contribution in [0.15, 0.2) is 46.0 Å². The number of hydrogen-bond donors (Lipinski definition) is 0. The number of carboxylic acid groups (broad SMARTS) is 1. The van der Waals surface area contributed by atoms with Gasteiger partial charge in [-0.25, -0.2) is 9.36 Å². The van der Waals surface area contributed by atoms with Crippen LogP contribution in [-0.4, -0.2) is 25.6 Å². The van der Waals surface area contributed by atoms with Gasteiger partial charge in [-0.3, -0.25) is 9.36 Å². The molecule has 4 rings (SSSR count). The Morgan fingerprint density at radius 2 is 1.78 bits per heavy atom. The van der Waals surface area contributed by atoms with Crippen LogP contribution in [0.3, 0.4) is 0 Å². The summed E-state index contributed by atoms with van der Waals surface area (Å²) in [7, 11) is 0.939. The van der Waals surface area contributed by atoms with E-state index in [-0.39, 0.29) is 11.4 Å². The molecule has 2 aromatic heterocycles. The van der Waals surface area contributed by atoms with Gasteiger partial charge in [0.1, 0.15) is 17.5 Å². The average molecular weight is 518 g/mol. The molecule has 12 heteroatoms. The Kier molecular flexibility index (Phi) is 6.25. The fourth-order valence-corrected chi connectivity index (χ4v) is 4.48. The first-order chi connectivity index (χ1) is 16.8. The lowest BCUT2D eigenvalue weighted by atomic mass is 10.0. The zero-order chi connectivity index (χ0) is 26.5. The molecule has 2 aromatic carbocycles. The predicted molar refractivity (Wildman–Crippen MR) is 125 cm³/mol. The van der Waals surface area contributed by atoms with Gasteiger partial charge >= 0.3 is 11.9 Å². The Bertz CT molecular complexity index is 1640. The molecule has 0 aliphatic rings. The number of carbonyl (C=O) groups excluding carboxylic acids is 1. The van der Waals surface area contributed by atoms with E-state index in [0.717, 1.165) is 29.7 Å². The molecule has 0 N–H and O–H groups in total. The van der Waals surface area contributed by atoms with Crippen LogP contribution in [0.2, 0.25) is 0 Å². The lowest BCUT2D eigenvalue weighted by molar-refractivity contribution is -0.312. The van der Waals surface area contributed by atoms with Crippen molar-refractivity contribution in [3.63, 3.8) is 0 Å². The summed E-state index contributed by atoms with van der Waals surface area (Å²) in [6, 6.07) is 8.34. The van der Waals surface area contributed by atoms with Crippen LogP contribution >= 0.6 is 11.5 Å². The Balaban J connectivity index is 1.93. The van der Waals surface area contributed by atoms with E-state index >= 15 is 0 Å². The van der Waals surface area contributed by atoms with Crippen LogP contribution in [0, 0.1) is 13.8 Å². The van der Waals surface area contributed by atoms with Gasteiger partial charge < -0.3 is 14.6 Å². The highest BCUT2D eigenvalue weighted by molar-refractivity contribution is 7.13. The van der Waals surface area contributed by atoms with Crippen molar-refractivity contribution in [3.05, 3.63) is 74.1 Å². The number of aryl methyl sites for hydroxylation is 2. The zero-order valence-corrected chi connectivity index (χ0v) is 20.3. The monoisotopic (exact) mass is 518 g/mol. The molecule has 1 atom stereocenters. The maximum atomic E-state index is 13.2. The van der Waals surface area contributed by atoms with Crippen molar-refractivity contribution in [1.82, 2.24) is 13.5 Å². The number of ether oxygens (including phenoxy) is 1. The van der Waals surface area contributed by atoms with Gasteiger partial charge in [-0.1, -0.05) is 0 Å². The van der Waals surface area contributed by atoms with E-state index in [1.165, 1.54) is 19.1 Å². The first-order valence-electron chi connectivity index (χ1n) is 10.6. The number of aromatic nitrogens is 3. The number of benzene rings is 2. The van der Waals surface area contributed by atoms with Crippen LogP contribution in [-0.2, 0) is 18.0 Å². The summed E-state index contributed by atoms with van der Waals surface area (Å²) in [6.07, 6.45) is -6.12. The number of nitrogens with zero attached hydrogens (tertiary/aromatic N) is 3. The number of hydrogen-bond acceptors (Lipinski definition) is 7. The Morgan fingerprint density at radius 3 is 2.42 bits per heavy atom. The molecule has 2 heterocycles. The number of halogens is 3. The molecule has 4 aromatic rings. The molecule has 1 unspecified atom stereocenters. The van der Waals surface area contributed by atoms with Gasteiger partial charge in [0, 0.05) is 24.1 Å². The van der Waals surface area contributed by atoms with E-state index in [0.29, 0.717) is 36.5 Å². The van der Waals surface area contributed by atoms with Crippen LogP contribution in [0.1, 0.15) is 23.7 Å². The van der Waals surface area contributed by atoms with Gasteiger partial charge in [0.25, 0.3) is 5.56 Å². The number of rotatable bonds is 5. The largest absolute Gasteiger partial charge is 0.546 e. The fourth-order valence-electron chi connectivity index (χ4n) is 3.71. The van der Waals surface area contributed by atoms with Crippen molar-refractivity contribution >= 4 is 27.6 Å². The van der Waals surface area contributed by atoms with Gasteiger partial charge in [-0.15, -0.1) is 0 Å². The second kappa shape index (κ2) is 8.94. The Hall–Kier alpha value is -3.93. The number of fused-ring (bicyclic) bond motifs is 1. The van der Waals surface area contributed by atoms with Crippen LogP contribution in [0.5, 0.6) is 5.75 Å². The number of aliphatic carboxylic acids is 1. The van der Waals surface area contributed by atoms with Crippen molar-refractivity contribution in [3.8, 4) is 22.7 Å². The average Bonchev–Trinajstić information content (AvgIpc) is 3.21. The van der Waals surface area contributed by atoms with E-state index in [9.17, 15) is 32.7 Å². The summed E-state index contributed by atoms with van der Waals surface area (Å²) in [6.45, 7) is 5.02. The third-order valence-corrected chi connectivity index (χ3v) is 6.64. The number of carboxylic acids is 1. The molecule has 0 amide bonds. The molecule has 8 nitrogen and oxygen atoms in total. The molecule has 0 aliphatic heterocycles. The summed E-state index contributed by atoms with van der Waals surface area (Å²) < 4.78 is 51.4. The molecular formula is C24H19F3N3O5S-. The number of alkyl halides is 3. The minimum absolute atomic E-state index is 0.0534. The van der Waals surface area contributed by atoms with Crippen molar-refractivity contribution in [1.29, 1.82) is 0 Å². The Morgan fingerprint density at radius 1 is 1.11 bits per heavy atom. The molecule has 0 fully saturated rings. The van der Waals surface area contributed by atoms with Gasteiger partial charge in [-0.05, 0) is 73.8 Å². The lowest BCUT2D eigenvalue weighted by Gasteiger charge is -2.19. The summed E-state index contributed by atoms with van der Waals surface area (Å²) in [4.78, 5) is 36.6. The first-order valence-corrected chi connectivity index (χ1v) is 11.4. The molecule has 36 heavy (non-hydrogen) atoms.